The molecule has 2 aromatic rings. The summed E-state index contributed by atoms with van der Waals surface area (Å²) in [4.78, 5) is 15.8. The Morgan fingerprint density at radius 1 is 1.16 bits per heavy atom. The summed E-state index contributed by atoms with van der Waals surface area (Å²) in [6.07, 6.45) is 1.60. The van der Waals surface area contributed by atoms with Crippen LogP contribution in [0.4, 0.5) is 10.2 Å². The van der Waals surface area contributed by atoms with Gasteiger partial charge in [-0.3, -0.25) is 10.1 Å². The maximum Gasteiger partial charge on any atom is 0.257 e. The van der Waals surface area contributed by atoms with Crippen molar-refractivity contribution in [1.29, 1.82) is 0 Å². The van der Waals surface area contributed by atoms with Gasteiger partial charge in [-0.15, -0.1) is 0 Å². The minimum Gasteiger partial charge on any atom is -0.317 e. The summed E-state index contributed by atoms with van der Waals surface area (Å²) in [5.41, 5.74) is 0.326. The second-order valence-electron chi connectivity index (χ2n) is 3.63. The third-order valence-corrected chi connectivity index (χ3v) is 2.44. The summed E-state index contributed by atoms with van der Waals surface area (Å²) in [6, 6.07) is 10.5. The number of hydrogen-bond donors (Lipinski definition) is 2. The highest BCUT2D eigenvalue weighted by Crippen LogP contribution is 2.03. The fraction of sp³-hybridized carbons (Fsp3) is 0. The van der Waals surface area contributed by atoms with E-state index in [1.54, 1.807) is 24.4 Å². The van der Waals surface area contributed by atoms with Gasteiger partial charge in [0.2, 0.25) is 0 Å². The first-order valence-electron chi connectivity index (χ1n) is 5.44. The molecule has 0 fully saturated rings. The number of hydrogen-bond acceptors (Lipinski definition) is 3. The lowest BCUT2D eigenvalue weighted by atomic mass is 10.2. The molecule has 0 aliphatic heterocycles. The average Bonchev–Trinajstić information content (AvgIpc) is 2.40. The molecular formula is C13H10FN3OS. The molecule has 1 aromatic carbocycles. The van der Waals surface area contributed by atoms with Crippen molar-refractivity contribution < 1.29 is 9.18 Å². The average molecular weight is 275 g/mol. The van der Waals surface area contributed by atoms with Gasteiger partial charge < -0.3 is 5.32 Å². The van der Waals surface area contributed by atoms with Gasteiger partial charge in [0, 0.05) is 11.8 Å². The van der Waals surface area contributed by atoms with Gasteiger partial charge in [0.05, 0.1) is 0 Å². The quantitative estimate of drug-likeness (QED) is 0.826. The summed E-state index contributed by atoms with van der Waals surface area (Å²) >= 11 is 4.98. The molecule has 2 N–H and O–H groups in total. The van der Waals surface area contributed by atoms with E-state index in [2.05, 4.69) is 15.6 Å². The maximum atomic E-state index is 12.7. The highest BCUT2D eigenvalue weighted by molar-refractivity contribution is 7.80. The zero-order valence-electron chi connectivity index (χ0n) is 9.76. The molecule has 6 heteroatoms. The Labute approximate surface area is 114 Å². The molecule has 0 bridgehead atoms. The monoisotopic (exact) mass is 275 g/mol. The highest BCUT2D eigenvalue weighted by atomic mass is 32.1. The first-order valence-corrected chi connectivity index (χ1v) is 5.85. The van der Waals surface area contributed by atoms with Crippen molar-refractivity contribution in [3.05, 3.63) is 60.0 Å². The third-order valence-electron chi connectivity index (χ3n) is 2.24. The third kappa shape index (κ3) is 3.82. The van der Waals surface area contributed by atoms with Crippen LogP contribution in [0, 0.1) is 5.82 Å². The number of halogens is 1. The summed E-state index contributed by atoms with van der Waals surface area (Å²) in [5.74, 6) is -0.272. The van der Waals surface area contributed by atoms with Crippen LogP contribution >= 0.6 is 12.2 Å². The van der Waals surface area contributed by atoms with Crippen LogP contribution in [0.25, 0.3) is 0 Å². The van der Waals surface area contributed by atoms with Gasteiger partial charge in [0.15, 0.2) is 5.11 Å². The Balaban J connectivity index is 1.95. The minimum atomic E-state index is -0.409. The van der Waals surface area contributed by atoms with Gasteiger partial charge in [-0.05, 0) is 48.6 Å². The number of carbonyl (C=O) groups is 1. The number of thiocarbonyl (C=S) groups is 1. The topological polar surface area (TPSA) is 54.0 Å². The number of carbonyl (C=O) groups excluding carboxylic acids is 1. The van der Waals surface area contributed by atoms with Gasteiger partial charge in [-0.2, -0.15) is 0 Å². The number of nitrogens with one attached hydrogen (secondary N) is 2. The lowest BCUT2D eigenvalue weighted by molar-refractivity contribution is 0.0977. The van der Waals surface area contributed by atoms with E-state index in [-0.39, 0.29) is 5.11 Å². The van der Waals surface area contributed by atoms with Crippen molar-refractivity contribution in [2.24, 2.45) is 0 Å². The Morgan fingerprint density at radius 3 is 2.53 bits per heavy atom. The van der Waals surface area contributed by atoms with Crippen molar-refractivity contribution in [2.75, 3.05) is 5.32 Å². The molecule has 0 spiro atoms. The smallest absolute Gasteiger partial charge is 0.257 e. The molecule has 0 aliphatic rings. The molecule has 19 heavy (non-hydrogen) atoms. The van der Waals surface area contributed by atoms with Crippen LogP contribution in [-0.2, 0) is 0 Å². The van der Waals surface area contributed by atoms with Crippen LogP contribution in [0.3, 0.4) is 0 Å². The summed E-state index contributed by atoms with van der Waals surface area (Å²) in [6.45, 7) is 0. The Hall–Kier alpha value is -2.34. The van der Waals surface area contributed by atoms with Crippen LogP contribution in [-0.4, -0.2) is 16.0 Å². The van der Waals surface area contributed by atoms with E-state index < -0.39 is 11.7 Å². The molecule has 4 nitrogen and oxygen atoms in total. The van der Waals surface area contributed by atoms with E-state index in [4.69, 9.17) is 12.2 Å². The SMILES string of the molecule is O=C(NC(=S)Nc1ccccn1)c1ccc(F)cc1. The van der Waals surface area contributed by atoms with Gasteiger partial charge in [-0.25, -0.2) is 9.37 Å². The molecule has 0 radical (unpaired) electrons. The van der Waals surface area contributed by atoms with Gasteiger partial charge >= 0.3 is 0 Å². The number of amides is 1. The molecule has 1 aromatic heterocycles. The normalized spacial score (nSPS) is 9.74. The molecule has 0 atom stereocenters. The molecule has 0 aliphatic carbocycles. The van der Waals surface area contributed by atoms with E-state index in [0.717, 1.165) is 0 Å². The number of nitrogens with zero attached hydrogens (tertiary/aromatic N) is 1. The molecular weight excluding hydrogens is 265 g/mol. The van der Waals surface area contributed by atoms with E-state index in [0.29, 0.717) is 11.4 Å². The van der Waals surface area contributed by atoms with Crippen molar-refractivity contribution >= 4 is 29.1 Å². The number of rotatable bonds is 2. The zero-order valence-corrected chi connectivity index (χ0v) is 10.6. The molecule has 96 valence electrons. The van der Waals surface area contributed by atoms with E-state index in [9.17, 15) is 9.18 Å². The molecule has 0 unspecified atom stereocenters. The second kappa shape index (κ2) is 6.01. The van der Waals surface area contributed by atoms with Crippen LogP contribution < -0.4 is 10.6 Å². The van der Waals surface area contributed by atoms with Crippen LogP contribution in [0.5, 0.6) is 0 Å². The van der Waals surface area contributed by atoms with E-state index >= 15 is 0 Å². The molecule has 1 amide bonds. The Morgan fingerprint density at radius 2 is 1.89 bits per heavy atom. The number of benzene rings is 1. The van der Waals surface area contributed by atoms with Crippen LogP contribution in [0.2, 0.25) is 0 Å². The fourth-order valence-electron chi connectivity index (χ4n) is 1.36. The predicted molar refractivity (Wildman–Crippen MR) is 74.3 cm³/mol. The van der Waals surface area contributed by atoms with E-state index in [1.165, 1.54) is 24.3 Å². The van der Waals surface area contributed by atoms with Crippen LogP contribution in [0.1, 0.15) is 10.4 Å². The fourth-order valence-corrected chi connectivity index (χ4v) is 1.56. The first kappa shape index (κ1) is 13.1. The molecule has 2 rings (SSSR count). The summed E-state index contributed by atoms with van der Waals surface area (Å²) in [7, 11) is 0. The Kier molecular flexibility index (Phi) is 4.15. The lowest BCUT2D eigenvalue weighted by Crippen LogP contribution is -2.34. The van der Waals surface area contributed by atoms with Gasteiger partial charge in [0.1, 0.15) is 11.6 Å². The number of anilines is 1. The van der Waals surface area contributed by atoms with Crippen LogP contribution in [0.15, 0.2) is 48.7 Å². The van der Waals surface area contributed by atoms with Crippen molar-refractivity contribution in [1.82, 2.24) is 10.3 Å². The number of pyridine rings is 1. The second-order valence-corrected chi connectivity index (χ2v) is 4.04. The standard InChI is InChI=1S/C13H10FN3OS/c14-10-6-4-9(5-7-10)12(18)17-13(19)16-11-3-1-2-8-15-11/h1-8H,(H2,15,16,17,18,19). The van der Waals surface area contributed by atoms with Crippen molar-refractivity contribution in [3.63, 3.8) is 0 Å². The number of aromatic nitrogens is 1. The summed E-state index contributed by atoms with van der Waals surface area (Å²) < 4.78 is 12.7. The predicted octanol–water partition coefficient (Wildman–Crippen LogP) is 2.35. The largest absolute Gasteiger partial charge is 0.317 e. The van der Waals surface area contributed by atoms with E-state index in [1.807, 2.05) is 0 Å². The first-order chi connectivity index (χ1) is 9.15. The van der Waals surface area contributed by atoms with Crippen molar-refractivity contribution in [2.45, 2.75) is 0 Å². The minimum absolute atomic E-state index is 0.132. The molecule has 0 saturated heterocycles. The Bertz CT molecular complexity index is 587. The maximum absolute atomic E-state index is 12.7. The molecule has 1 heterocycles. The lowest BCUT2D eigenvalue weighted by Gasteiger charge is -2.08. The van der Waals surface area contributed by atoms with Gasteiger partial charge in [0.25, 0.3) is 5.91 Å². The zero-order chi connectivity index (χ0) is 13.7. The molecule has 0 saturated carbocycles. The van der Waals surface area contributed by atoms with Gasteiger partial charge in [-0.1, -0.05) is 6.07 Å². The summed E-state index contributed by atoms with van der Waals surface area (Å²) in [5, 5.41) is 5.38. The highest BCUT2D eigenvalue weighted by Gasteiger charge is 2.08. The van der Waals surface area contributed by atoms with Crippen molar-refractivity contribution in [3.8, 4) is 0 Å².